The summed E-state index contributed by atoms with van der Waals surface area (Å²) in [6.07, 6.45) is 0. The van der Waals surface area contributed by atoms with Gasteiger partial charge in [0.25, 0.3) is 11.8 Å². The first-order valence-electron chi connectivity index (χ1n) is 8.12. The molecule has 3 aromatic rings. The number of hydrogen-bond donors (Lipinski definition) is 3. The van der Waals surface area contributed by atoms with Crippen molar-refractivity contribution in [2.24, 2.45) is 5.10 Å². The van der Waals surface area contributed by atoms with Crippen molar-refractivity contribution in [1.82, 2.24) is 5.43 Å². The number of aromatic hydroxyl groups is 1. The highest BCUT2D eigenvalue weighted by atomic mass is 32.1. The van der Waals surface area contributed by atoms with E-state index in [1.807, 2.05) is 17.5 Å². The second kappa shape index (κ2) is 8.29. The van der Waals surface area contributed by atoms with Crippen molar-refractivity contribution in [2.45, 2.75) is 6.92 Å². The van der Waals surface area contributed by atoms with Crippen LogP contribution < -0.4 is 10.7 Å². The molecule has 1 aromatic heterocycles. The zero-order valence-electron chi connectivity index (χ0n) is 14.5. The Morgan fingerprint density at radius 1 is 0.963 bits per heavy atom. The van der Waals surface area contributed by atoms with Crippen LogP contribution >= 0.6 is 11.3 Å². The second-order valence-electron chi connectivity index (χ2n) is 5.70. The summed E-state index contributed by atoms with van der Waals surface area (Å²) in [7, 11) is 0. The first kappa shape index (κ1) is 18.3. The molecule has 2 aromatic carbocycles. The van der Waals surface area contributed by atoms with Crippen LogP contribution in [0.2, 0.25) is 0 Å². The minimum Gasteiger partial charge on any atom is -0.508 e. The number of carbonyl (C=O) groups excluding carboxylic acids is 2. The molecule has 0 aliphatic carbocycles. The van der Waals surface area contributed by atoms with Crippen LogP contribution in [-0.2, 0) is 0 Å². The molecular weight excluding hydrogens is 362 g/mol. The van der Waals surface area contributed by atoms with Crippen molar-refractivity contribution >= 4 is 34.6 Å². The van der Waals surface area contributed by atoms with Gasteiger partial charge in [-0.25, -0.2) is 5.43 Å². The van der Waals surface area contributed by atoms with E-state index in [0.29, 0.717) is 21.8 Å². The average Bonchev–Trinajstić information content (AvgIpc) is 3.21. The van der Waals surface area contributed by atoms with Crippen molar-refractivity contribution in [1.29, 1.82) is 0 Å². The van der Waals surface area contributed by atoms with Gasteiger partial charge in [-0.2, -0.15) is 5.10 Å². The van der Waals surface area contributed by atoms with Gasteiger partial charge in [0.1, 0.15) is 5.75 Å². The lowest BCUT2D eigenvalue weighted by Gasteiger charge is -2.07. The third-order valence-electron chi connectivity index (χ3n) is 3.74. The quantitative estimate of drug-likeness (QED) is 0.464. The Hall–Kier alpha value is -3.45. The molecule has 6 nitrogen and oxygen atoms in total. The van der Waals surface area contributed by atoms with Gasteiger partial charge in [0.15, 0.2) is 0 Å². The molecule has 0 radical (unpaired) electrons. The van der Waals surface area contributed by atoms with Gasteiger partial charge in [-0.3, -0.25) is 9.59 Å². The predicted octanol–water partition coefficient (Wildman–Crippen LogP) is 3.86. The zero-order valence-corrected chi connectivity index (χ0v) is 15.3. The zero-order chi connectivity index (χ0) is 19.2. The fraction of sp³-hybridized carbons (Fsp3) is 0.0500. The number of phenolic OH excluding ortho intramolecular Hbond substituents is 1. The van der Waals surface area contributed by atoms with Crippen molar-refractivity contribution in [3.63, 3.8) is 0 Å². The number of hydrazone groups is 1. The number of benzene rings is 2. The summed E-state index contributed by atoms with van der Waals surface area (Å²) < 4.78 is 0. The van der Waals surface area contributed by atoms with Gasteiger partial charge in [0.2, 0.25) is 0 Å². The Kier molecular flexibility index (Phi) is 5.63. The lowest BCUT2D eigenvalue weighted by atomic mass is 10.1. The van der Waals surface area contributed by atoms with E-state index in [1.54, 1.807) is 31.2 Å². The molecule has 27 heavy (non-hydrogen) atoms. The topological polar surface area (TPSA) is 90.8 Å². The van der Waals surface area contributed by atoms with Gasteiger partial charge >= 0.3 is 0 Å². The molecule has 3 rings (SSSR count). The van der Waals surface area contributed by atoms with Crippen LogP contribution in [0, 0.1) is 0 Å². The molecule has 1 heterocycles. The van der Waals surface area contributed by atoms with E-state index in [9.17, 15) is 14.7 Å². The SMILES string of the molecule is CC(=NNC(=O)c1ccc(O)cc1)c1cccc(NC(=O)c2cccs2)c1. The number of phenols is 1. The molecule has 136 valence electrons. The van der Waals surface area contributed by atoms with Gasteiger partial charge in [-0.15, -0.1) is 11.3 Å². The van der Waals surface area contributed by atoms with E-state index in [4.69, 9.17) is 0 Å². The van der Waals surface area contributed by atoms with E-state index in [0.717, 1.165) is 5.56 Å². The van der Waals surface area contributed by atoms with Crippen LogP contribution in [0.3, 0.4) is 0 Å². The van der Waals surface area contributed by atoms with E-state index in [2.05, 4.69) is 15.8 Å². The van der Waals surface area contributed by atoms with Crippen molar-refractivity contribution in [2.75, 3.05) is 5.32 Å². The van der Waals surface area contributed by atoms with Gasteiger partial charge in [0.05, 0.1) is 10.6 Å². The predicted molar refractivity (Wildman–Crippen MR) is 106 cm³/mol. The average molecular weight is 379 g/mol. The van der Waals surface area contributed by atoms with Crippen LogP contribution in [0.15, 0.2) is 71.1 Å². The Bertz CT molecular complexity index is 980. The number of anilines is 1. The minimum atomic E-state index is -0.378. The summed E-state index contributed by atoms with van der Waals surface area (Å²) >= 11 is 1.37. The number of nitrogens with one attached hydrogen (secondary N) is 2. The van der Waals surface area contributed by atoms with E-state index >= 15 is 0 Å². The first-order chi connectivity index (χ1) is 13.0. The Morgan fingerprint density at radius 3 is 2.44 bits per heavy atom. The van der Waals surface area contributed by atoms with Crippen LogP contribution in [0.5, 0.6) is 5.75 Å². The number of hydrogen-bond acceptors (Lipinski definition) is 5. The molecule has 0 unspecified atom stereocenters. The minimum absolute atomic E-state index is 0.0904. The summed E-state index contributed by atoms with van der Waals surface area (Å²) in [5.41, 5.74) is 4.88. The molecule has 7 heteroatoms. The van der Waals surface area contributed by atoms with Gasteiger partial charge < -0.3 is 10.4 Å². The lowest BCUT2D eigenvalue weighted by Crippen LogP contribution is -2.19. The smallest absolute Gasteiger partial charge is 0.271 e. The summed E-state index contributed by atoms with van der Waals surface area (Å²) in [4.78, 5) is 24.9. The fourth-order valence-electron chi connectivity index (χ4n) is 2.30. The number of nitrogens with zero attached hydrogens (tertiary/aromatic N) is 1. The van der Waals surface area contributed by atoms with Gasteiger partial charge in [-0.1, -0.05) is 18.2 Å². The molecule has 0 saturated carbocycles. The largest absolute Gasteiger partial charge is 0.508 e. The van der Waals surface area contributed by atoms with E-state index in [1.165, 1.54) is 35.6 Å². The lowest BCUT2D eigenvalue weighted by molar-refractivity contribution is 0.0954. The molecule has 2 amide bonds. The maximum Gasteiger partial charge on any atom is 0.271 e. The van der Waals surface area contributed by atoms with Gasteiger partial charge in [0, 0.05) is 11.3 Å². The maximum absolute atomic E-state index is 12.1. The Morgan fingerprint density at radius 2 is 1.74 bits per heavy atom. The molecule has 0 atom stereocenters. The summed E-state index contributed by atoms with van der Waals surface area (Å²) in [6.45, 7) is 1.76. The molecule has 0 saturated heterocycles. The molecule has 3 N–H and O–H groups in total. The highest BCUT2D eigenvalue weighted by Crippen LogP contribution is 2.15. The van der Waals surface area contributed by atoms with Gasteiger partial charge in [-0.05, 0) is 60.3 Å². The standard InChI is InChI=1S/C20H17N3O3S/c1-13(22-23-19(25)14-7-9-17(24)10-8-14)15-4-2-5-16(12-15)21-20(26)18-6-3-11-27-18/h2-12,24H,1H3,(H,21,26)(H,23,25). The molecule has 0 spiro atoms. The third kappa shape index (κ3) is 4.80. The monoisotopic (exact) mass is 379 g/mol. The Balaban J connectivity index is 1.68. The van der Waals surface area contributed by atoms with Crippen molar-refractivity contribution in [3.05, 3.63) is 82.0 Å². The molecule has 0 fully saturated rings. The Labute approximate surface area is 160 Å². The van der Waals surface area contributed by atoms with Crippen molar-refractivity contribution < 1.29 is 14.7 Å². The van der Waals surface area contributed by atoms with Crippen LogP contribution in [0.25, 0.3) is 0 Å². The van der Waals surface area contributed by atoms with Crippen LogP contribution in [-0.4, -0.2) is 22.6 Å². The molecule has 0 aliphatic rings. The van der Waals surface area contributed by atoms with Crippen LogP contribution in [0.1, 0.15) is 32.5 Å². The molecule has 0 aliphatic heterocycles. The molecular formula is C20H17N3O3S. The summed E-state index contributed by atoms with van der Waals surface area (Å²) in [5, 5.41) is 18.1. The highest BCUT2D eigenvalue weighted by Gasteiger charge is 2.08. The van der Waals surface area contributed by atoms with E-state index in [-0.39, 0.29) is 17.6 Å². The normalized spacial score (nSPS) is 11.1. The number of thiophene rings is 1. The first-order valence-corrected chi connectivity index (χ1v) is 9.00. The molecule has 0 bridgehead atoms. The fourth-order valence-corrected chi connectivity index (χ4v) is 2.92. The van der Waals surface area contributed by atoms with Crippen LogP contribution in [0.4, 0.5) is 5.69 Å². The second-order valence-corrected chi connectivity index (χ2v) is 6.64. The van der Waals surface area contributed by atoms with E-state index < -0.39 is 0 Å². The number of amides is 2. The number of carbonyl (C=O) groups is 2. The summed E-state index contributed by atoms with van der Waals surface area (Å²) in [5.74, 6) is -0.457. The highest BCUT2D eigenvalue weighted by molar-refractivity contribution is 7.12. The maximum atomic E-state index is 12.1. The number of rotatable bonds is 5. The summed E-state index contributed by atoms with van der Waals surface area (Å²) in [6, 6.07) is 16.7. The van der Waals surface area contributed by atoms with Crippen molar-refractivity contribution in [3.8, 4) is 5.75 Å². The third-order valence-corrected chi connectivity index (χ3v) is 4.61.